The molecule has 0 aromatic rings. The summed E-state index contributed by atoms with van der Waals surface area (Å²) in [7, 11) is 0. The highest BCUT2D eigenvalue weighted by Crippen LogP contribution is 2.29. The minimum absolute atomic E-state index is 0.309. The Balaban J connectivity index is 4.60. The molecule has 0 radical (unpaired) electrons. The monoisotopic (exact) mass is 248 g/mol. The summed E-state index contributed by atoms with van der Waals surface area (Å²) < 4.78 is 25.8. The summed E-state index contributed by atoms with van der Waals surface area (Å²) >= 11 is 0. The first kappa shape index (κ1) is 16.2. The highest BCUT2D eigenvalue weighted by atomic mass is 19.3. The fraction of sp³-hybridized carbons (Fsp3) is 0.846. The lowest BCUT2D eigenvalue weighted by Gasteiger charge is -2.26. The predicted molar refractivity (Wildman–Crippen MR) is 63.0 cm³/mol. The second-order valence-corrected chi connectivity index (χ2v) is 4.84. The van der Waals surface area contributed by atoms with Gasteiger partial charge in [-0.25, -0.2) is 0 Å². The third kappa shape index (κ3) is 4.92. The van der Waals surface area contributed by atoms with E-state index < -0.39 is 17.6 Å². The van der Waals surface area contributed by atoms with Crippen molar-refractivity contribution in [2.45, 2.75) is 52.9 Å². The first-order valence-electron chi connectivity index (χ1n) is 6.13. The molecule has 0 amide bonds. The molecule has 17 heavy (non-hydrogen) atoms. The lowest BCUT2D eigenvalue weighted by molar-refractivity contribution is -0.147. The molecule has 0 bridgehead atoms. The highest BCUT2D eigenvalue weighted by Gasteiger charge is 2.39. The number of rotatable bonds is 8. The Morgan fingerprint density at radius 2 is 1.88 bits per heavy atom. The fourth-order valence-corrected chi connectivity index (χ4v) is 1.90. The highest BCUT2D eigenvalue weighted by molar-refractivity contribution is 5.87. The molecule has 0 spiro atoms. The number of hydrogen-bond acceptors (Lipinski definition) is 2. The van der Waals surface area contributed by atoms with Crippen molar-refractivity contribution in [1.82, 2.24) is 0 Å². The third-order valence-corrected chi connectivity index (χ3v) is 3.38. The van der Waals surface area contributed by atoms with Crippen molar-refractivity contribution >= 4 is 12.1 Å². The van der Waals surface area contributed by atoms with E-state index >= 15 is 0 Å². The Bertz CT molecular complexity index is 259. The van der Waals surface area contributed by atoms with Gasteiger partial charge in [-0.05, 0) is 12.3 Å². The second-order valence-electron chi connectivity index (χ2n) is 4.84. The Hall–Kier alpha value is -0.800. The Morgan fingerprint density at radius 3 is 2.24 bits per heavy atom. The quantitative estimate of drug-likeness (QED) is 0.616. The normalized spacial score (nSPS) is 17.3. The van der Waals surface area contributed by atoms with Crippen LogP contribution in [0.1, 0.15) is 47.0 Å². The summed E-state index contributed by atoms with van der Waals surface area (Å²) in [6.45, 7) is 5.79. The van der Waals surface area contributed by atoms with Gasteiger partial charge in [-0.15, -0.1) is 0 Å². The predicted octanol–water partition coefficient (Wildman–Crippen LogP) is 3.49. The van der Waals surface area contributed by atoms with Gasteiger partial charge in [0, 0.05) is 18.8 Å². The molecule has 3 atom stereocenters. The van der Waals surface area contributed by atoms with Crippen LogP contribution in [0.25, 0.3) is 0 Å². The Morgan fingerprint density at radius 1 is 1.35 bits per heavy atom. The minimum atomic E-state index is -3.31. The van der Waals surface area contributed by atoms with Crippen molar-refractivity contribution in [3.8, 4) is 0 Å². The van der Waals surface area contributed by atoms with Crippen LogP contribution >= 0.6 is 0 Å². The molecule has 2 nitrogen and oxygen atoms in total. The van der Waals surface area contributed by atoms with Gasteiger partial charge in [0.2, 0.25) is 5.78 Å². The van der Waals surface area contributed by atoms with Gasteiger partial charge in [-0.1, -0.05) is 33.6 Å². The van der Waals surface area contributed by atoms with Gasteiger partial charge in [0.15, 0.2) is 0 Å². The average molecular weight is 248 g/mol. The topological polar surface area (TPSA) is 34.1 Å². The number of carbonyl (C=O) groups excluding carboxylic acids is 2. The maximum atomic E-state index is 12.9. The SMILES string of the molecule is CCCCC(C=O)C(C)C(C)C(=O)C(C)(F)F. The molecule has 0 rings (SSSR count). The van der Waals surface area contributed by atoms with E-state index in [0.29, 0.717) is 13.3 Å². The summed E-state index contributed by atoms with van der Waals surface area (Å²) in [6, 6.07) is 0. The summed E-state index contributed by atoms with van der Waals surface area (Å²) in [5.41, 5.74) is 0. The lowest BCUT2D eigenvalue weighted by atomic mass is 9.79. The molecule has 0 aromatic heterocycles. The van der Waals surface area contributed by atoms with Crippen molar-refractivity contribution in [3.05, 3.63) is 0 Å². The maximum absolute atomic E-state index is 12.9. The van der Waals surface area contributed by atoms with Crippen LogP contribution in [0.5, 0.6) is 0 Å². The first-order chi connectivity index (χ1) is 7.75. The number of hydrogen-bond donors (Lipinski definition) is 0. The first-order valence-corrected chi connectivity index (χ1v) is 6.13. The zero-order valence-electron chi connectivity index (χ0n) is 11.0. The number of aldehydes is 1. The van der Waals surface area contributed by atoms with E-state index in [1.807, 2.05) is 6.92 Å². The van der Waals surface area contributed by atoms with Gasteiger partial charge in [-0.2, -0.15) is 8.78 Å². The molecule has 0 saturated carbocycles. The summed E-state index contributed by atoms with van der Waals surface area (Å²) in [4.78, 5) is 22.4. The Labute approximate surface area is 102 Å². The van der Waals surface area contributed by atoms with Crippen LogP contribution in [0.15, 0.2) is 0 Å². The number of alkyl halides is 2. The zero-order valence-corrected chi connectivity index (χ0v) is 11.0. The molecular formula is C13H22F2O2. The van der Waals surface area contributed by atoms with Gasteiger partial charge in [0.1, 0.15) is 6.29 Å². The number of halogens is 2. The van der Waals surface area contributed by atoms with Gasteiger partial charge in [0.25, 0.3) is 0 Å². The molecule has 0 aromatic carbocycles. The van der Waals surface area contributed by atoms with Crippen molar-refractivity contribution < 1.29 is 18.4 Å². The lowest BCUT2D eigenvalue weighted by Crippen LogP contribution is -2.36. The minimum Gasteiger partial charge on any atom is -0.303 e. The van der Waals surface area contributed by atoms with E-state index in [2.05, 4.69) is 0 Å². The third-order valence-electron chi connectivity index (χ3n) is 3.38. The van der Waals surface area contributed by atoms with E-state index in [9.17, 15) is 18.4 Å². The van der Waals surface area contributed by atoms with Gasteiger partial charge in [-0.3, -0.25) is 4.79 Å². The molecule has 100 valence electrons. The van der Waals surface area contributed by atoms with Gasteiger partial charge < -0.3 is 4.79 Å². The second kappa shape index (κ2) is 6.82. The standard InChI is InChI=1S/C13H22F2O2/c1-5-6-7-11(8-16)9(2)10(3)12(17)13(4,14)15/h8-11H,5-7H2,1-4H3. The van der Waals surface area contributed by atoms with Crippen LogP contribution in [0.4, 0.5) is 8.78 Å². The van der Waals surface area contributed by atoms with Crippen LogP contribution in [-0.4, -0.2) is 18.0 Å². The number of ketones is 1. The molecule has 0 aliphatic carbocycles. The van der Waals surface area contributed by atoms with Gasteiger partial charge >= 0.3 is 5.92 Å². The van der Waals surface area contributed by atoms with E-state index in [4.69, 9.17) is 0 Å². The zero-order chi connectivity index (χ0) is 13.6. The summed E-state index contributed by atoms with van der Waals surface area (Å²) in [6.07, 6.45) is 3.27. The molecule has 0 saturated heterocycles. The summed E-state index contributed by atoms with van der Waals surface area (Å²) in [5, 5.41) is 0. The molecule has 0 N–H and O–H groups in total. The number of carbonyl (C=O) groups is 2. The smallest absolute Gasteiger partial charge is 0.302 e. The van der Waals surface area contributed by atoms with Crippen molar-refractivity contribution in [2.24, 2.45) is 17.8 Å². The average Bonchev–Trinajstić information content (AvgIpc) is 2.26. The van der Waals surface area contributed by atoms with Crippen LogP contribution < -0.4 is 0 Å². The molecule has 0 fully saturated rings. The molecule has 0 heterocycles. The maximum Gasteiger partial charge on any atom is 0.302 e. The molecule has 3 unspecified atom stereocenters. The number of unbranched alkanes of at least 4 members (excludes halogenated alkanes) is 1. The molecular weight excluding hydrogens is 226 g/mol. The van der Waals surface area contributed by atoms with E-state index in [1.54, 1.807) is 6.92 Å². The van der Waals surface area contributed by atoms with Crippen molar-refractivity contribution in [2.75, 3.05) is 0 Å². The van der Waals surface area contributed by atoms with Crippen LogP contribution in [0.3, 0.4) is 0 Å². The largest absolute Gasteiger partial charge is 0.303 e. The van der Waals surface area contributed by atoms with E-state index in [0.717, 1.165) is 19.1 Å². The van der Waals surface area contributed by atoms with Crippen molar-refractivity contribution in [1.29, 1.82) is 0 Å². The van der Waals surface area contributed by atoms with Gasteiger partial charge in [0.05, 0.1) is 0 Å². The van der Waals surface area contributed by atoms with E-state index in [1.165, 1.54) is 6.92 Å². The molecule has 4 heteroatoms. The number of Topliss-reactive ketones (excluding diaryl/α,β-unsaturated/α-hetero) is 1. The van der Waals surface area contributed by atoms with Crippen molar-refractivity contribution in [3.63, 3.8) is 0 Å². The summed E-state index contributed by atoms with van der Waals surface area (Å²) in [5.74, 6) is -5.82. The molecule has 0 aliphatic rings. The van der Waals surface area contributed by atoms with Crippen LogP contribution in [0.2, 0.25) is 0 Å². The fourth-order valence-electron chi connectivity index (χ4n) is 1.90. The Kier molecular flexibility index (Phi) is 6.50. The van der Waals surface area contributed by atoms with Crippen LogP contribution in [0, 0.1) is 17.8 Å². The van der Waals surface area contributed by atoms with E-state index in [-0.39, 0.29) is 11.8 Å². The molecule has 0 aliphatic heterocycles. The van der Waals surface area contributed by atoms with Crippen LogP contribution in [-0.2, 0) is 9.59 Å².